The zero-order valence-electron chi connectivity index (χ0n) is 16.6. The van der Waals surface area contributed by atoms with Gasteiger partial charge in [-0.1, -0.05) is 36.4 Å². The topological polar surface area (TPSA) is 72.5 Å². The lowest BCUT2D eigenvalue weighted by molar-refractivity contribution is -0.115. The van der Waals surface area contributed by atoms with Gasteiger partial charge in [0.2, 0.25) is 5.91 Å². The van der Waals surface area contributed by atoms with Gasteiger partial charge in [0.1, 0.15) is 11.5 Å². The molecule has 7 heteroatoms. The number of amides is 1. The number of methoxy groups -OCH3 is 2. The van der Waals surface area contributed by atoms with Gasteiger partial charge >= 0.3 is 0 Å². The van der Waals surface area contributed by atoms with Crippen molar-refractivity contribution in [3.8, 4) is 11.5 Å². The first kappa shape index (κ1) is 19.7. The van der Waals surface area contributed by atoms with Crippen LogP contribution in [-0.2, 0) is 11.2 Å². The first-order valence-corrected chi connectivity index (χ1v) is 10.3. The Morgan fingerprint density at radius 1 is 1.00 bits per heavy atom. The number of benzene rings is 3. The number of hydrogen-bond donors (Lipinski definition) is 2. The zero-order valence-corrected chi connectivity index (χ0v) is 17.5. The van der Waals surface area contributed by atoms with E-state index in [0.717, 1.165) is 22.1 Å². The van der Waals surface area contributed by atoms with Crippen LogP contribution in [-0.4, -0.2) is 25.1 Å². The summed E-state index contributed by atoms with van der Waals surface area (Å²) in [5.74, 6) is 1.29. The molecule has 0 spiro atoms. The summed E-state index contributed by atoms with van der Waals surface area (Å²) in [5.41, 5.74) is 2.24. The number of carbonyl (C=O) groups is 1. The fourth-order valence-corrected chi connectivity index (χ4v) is 3.89. The molecule has 30 heavy (non-hydrogen) atoms. The molecular formula is C23H21N3O3S. The molecule has 3 aromatic carbocycles. The minimum absolute atomic E-state index is 0.109. The molecule has 1 amide bonds. The maximum atomic E-state index is 12.6. The molecule has 0 bridgehead atoms. The van der Waals surface area contributed by atoms with Crippen molar-refractivity contribution in [1.82, 2.24) is 4.98 Å². The van der Waals surface area contributed by atoms with E-state index in [2.05, 4.69) is 15.6 Å². The van der Waals surface area contributed by atoms with Crippen LogP contribution in [0.3, 0.4) is 0 Å². The number of carbonyl (C=O) groups excluding carboxylic acids is 1. The molecule has 0 radical (unpaired) electrons. The summed E-state index contributed by atoms with van der Waals surface area (Å²) in [6.45, 7) is 0. The number of thiazole rings is 1. The monoisotopic (exact) mass is 419 g/mol. The molecule has 6 nitrogen and oxygen atoms in total. The second-order valence-electron chi connectivity index (χ2n) is 6.59. The molecule has 2 N–H and O–H groups in total. The van der Waals surface area contributed by atoms with Crippen molar-refractivity contribution in [3.05, 3.63) is 71.7 Å². The summed E-state index contributed by atoms with van der Waals surface area (Å²) in [7, 11) is 3.22. The van der Waals surface area contributed by atoms with Gasteiger partial charge in [0.15, 0.2) is 5.13 Å². The van der Waals surface area contributed by atoms with Crippen molar-refractivity contribution in [2.45, 2.75) is 6.42 Å². The summed E-state index contributed by atoms with van der Waals surface area (Å²) in [4.78, 5) is 17.1. The van der Waals surface area contributed by atoms with Crippen molar-refractivity contribution in [2.75, 3.05) is 24.9 Å². The van der Waals surface area contributed by atoms with Crippen molar-refractivity contribution in [3.63, 3.8) is 0 Å². The third kappa shape index (κ3) is 4.36. The summed E-state index contributed by atoms with van der Waals surface area (Å²) >= 11 is 1.43. The number of hydrogen-bond acceptors (Lipinski definition) is 6. The summed E-state index contributed by atoms with van der Waals surface area (Å²) in [6.07, 6.45) is 0.191. The van der Waals surface area contributed by atoms with Crippen molar-refractivity contribution in [2.24, 2.45) is 0 Å². The summed E-state index contributed by atoms with van der Waals surface area (Å²) in [5, 5.41) is 10.9. The van der Waals surface area contributed by atoms with Gasteiger partial charge in [-0.2, -0.15) is 0 Å². The largest absolute Gasteiger partial charge is 0.497 e. The van der Waals surface area contributed by atoms with E-state index in [1.54, 1.807) is 14.2 Å². The molecule has 0 saturated carbocycles. The number of nitrogens with one attached hydrogen (secondary N) is 2. The molecule has 4 rings (SSSR count). The molecule has 0 unspecified atom stereocenters. The van der Waals surface area contributed by atoms with Gasteiger partial charge < -0.3 is 20.1 Å². The smallest absolute Gasteiger partial charge is 0.230 e. The lowest BCUT2D eigenvalue weighted by Crippen LogP contribution is -2.14. The van der Waals surface area contributed by atoms with Gasteiger partial charge in [0, 0.05) is 22.5 Å². The van der Waals surface area contributed by atoms with Crippen LogP contribution in [0, 0.1) is 0 Å². The van der Waals surface area contributed by atoms with Crippen LogP contribution >= 0.6 is 11.3 Å². The predicted molar refractivity (Wildman–Crippen MR) is 121 cm³/mol. The Balaban J connectivity index is 1.45. The third-order valence-corrected chi connectivity index (χ3v) is 5.41. The number of anilines is 3. The van der Waals surface area contributed by atoms with Gasteiger partial charge in [-0.05, 0) is 23.6 Å². The van der Waals surface area contributed by atoms with Gasteiger partial charge in [-0.25, -0.2) is 4.98 Å². The molecule has 4 aromatic rings. The highest BCUT2D eigenvalue weighted by Gasteiger charge is 2.12. The molecule has 0 saturated heterocycles. The average Bonchev–Trinajstić information content (AvgIpc) is 3.20. The number of aromatic nitrogens is 1. The lowest BCUT2D eigenvalue weighted by atomic mass is 10.1. The Hall–Kier alpha value is -3.58. The zero-order chi connectivity index (χ0) is 20.9. The van der Waals surface area contributed by atoms with Crippen LogP contribution in [0.25, 0.3) is 10.8 Å². The quantitative estimate of drug-likeness (QED) is 0.429. The first-order chi connectivity index (χ1) is 14.7. The van der Waals surface area contributed by atoms with E-state index < -0.39 is 0 Å². The highest BCUT2D eigenvalue weighted by molar-refractivity contribution is 7.13. The van der Waals surface area contributed by atoms with Crippen LogP contribution in [0.1, 0.15) is 5.69 Å². The minimum Gasteiger partial charge on any atom is -0.497 e. The number of rotatable bonds is 7. The standard InChI is InChI=1S/C23H21N3O3S/c1-28-17-10-11-21(29-2)20(13-17)26-23-24-16(14-30-23)12-22(27)25-19-9-5-7-15-6-3-4-8-18(15)19/h3-11,13-14H,12H2,1-2H3,(H,24,26)(H,25,27). The molecule has 0 aliphatic carbocycles. The maximum Gasteiger partial charge on any atom is 0.230 e. The molecule has 0 atom stereocenters. The van der Waals surface area contributed by atoms with Gasteiger partial charge in [0.05, 0.1) is 32.0 Å². The lowest BCUT2D eigenvalue weighted by Gasteiger charge is -2.10. The Bertz CT molecular complexity index is 1180. The van der Waals surface area contributed by atoms with Gasteiger partial charge in [-0.3, -0.25) is 4.79 Å². The van der Waals surface area contributed by atoms with Crippen molar-refractivity contribution < 1.29 is 14.3 Å². The van der Waals surface area contributed by atoms with Gasteiger partial charge in [0.25, 0.3) is 0 Å². The summed E-state index contributed by atoms with van der Waals surface area (Å²) < 4.78 is 10.7. The average molecular weight is 420 g/mol. The SMILES string of the molecule is COc1ccc(OC)c(Nc2nc(CC(=O)Nc3cccc4ccccc34)cs2)c1. The second kappa shape index (κ2) is 8.84. The van der Waals surface area contributed by atoms with Crippen LogP contribution in [0.15, 0.2) is 66.0 Å². The number of nitrogens with zero attached hydrogens (tertiary/aromatic N) is 1. The number of ether oxygens (including phenoxy) is 2. The molecule has 0 fully saturated rings. The third-order valence-electron chi connectivity index (χ3n) is 4.61. The maximum absolute atomic E-state index is 12.6. The van der Waals surface area contributed by atoms with E-state index in [-0.39, 0.29) is 12.3 Å². The fraction of sp³-hybridized carbons (Fsp3) is 0.130. The normalized spacial score (nSPS) is 10.6. The Labute approximate surface area is 178 Å². The highest BCUT2D eigenvalue weighted by Crippen LogP contribution is 2.32. The molecule has 152 valence electrons. The first-order valence-electron chi connectivity index (χ1n) is 9.37. The van der Waals surface area contributed by atoms with E-state index in [9.17, 15) is 4.79 Å². The summed E-state index contributed by atoms with van der Waals surface area (Å²) in [6, 6.07) is 19.3. The van der Waals surface area contributed by atoms with E-state index in [4.69, 9.17) is 9.47 Å². The van der Waals surface area contributed by atoms with Crippen LogP contribution in [0.5, 0.6) is 11.5 Å². The van der Waals surface area contributed by atoms with E-state index in [1.165, 1.54) is 11.3 Å². The van der Waals surface area contributed by atoms with E-state index >= 15 is 0 Å². The number of fused-ring (bicyclic) bond motifs is 1. The van der Waals surface area contributed by atoms with Crippen LogP contribution in [0.2, 0.25) is 0 Å². The highest BCUT2D eigenvalue weighted by atomic mass is 32.1. The van der Waals surface area contributed by atoms with Crippen LogP contribution < -0.4 is 20.1 Å². The van der Waals surface area contributed by atoms with Crippen LogP contribution in [0.4, 0.5) is 16.5 Å². The molecule has 1 aromatic heterocycles. The molecule has 0 aliphatic rings. The van der Waals surface area contributed by atoms with Crippen molar-refractivity contribution >= 4 is 44.5 Å². The Kier molecular flexibility index (Phi) is 5.81. The van der Waals surface area contributed by atoms with E-state index in [0.29, 0.717) is 22.3 Å². The minimum atomic E-state index is -0.109. The fourth-order valence-electron chi connectivity index (χ4n) is 3.17. The molecule has 0 aliphatic heterocycles. The second-order valence-corrected chi connectivity index (χ2v) is 7.44. The van der Waals surface area contributed by atoms with Crippen molar-refractivity contribution in [1.29, 1.82) is 0 Å². The van der Waals surface area contributed by atoms with E-state index in [1.807, 2.05) is 66.0 Å². The molecule has 1 heterocycles. The Morgan fingerprint density at radius 3 is 2.67 bits per heavy atom. The van der Waals surface area contributed by atoms with Gasteiger partial charge in [-0.15, -0.1) is 11.3 Å². The predicted octanol–water partition coefficient (Wildman–Crippen LogP) is 5.24. The molecular weight excluding hydrogens is 398 g/mol. The Morgan fingerprint density at radius 2 is 1.83 bits per heavy atom.